The molecule has 1 N–H and O–H groups in total. The van der Waals surface area contributed by atoms with Crippen LogP contribution in [0, 0.1) is 25.2 Å². The average Bonchev–Trinajstić information content (AvgIpc) is 3.47. The second-order valence-electron chi connectivity index (χ2n) is 11.4. The molecule has 0 spiro atoms. The highest BCUT2D eigenvalue weighted by Gasteiger charge is 2.35. The maximum absolute atomic E-state index is 14.2. The van der Waals surface area contributed by atoms with E-state index in [9.17, 15) is 19.5 Å². The molecule has 0 amide bonds. The first kappa shape index (κ1) is 30.5. The summed E-state index contributed by atoms with van der Waals surface area (Å²) in [7, 11) is 0. The Labute approximate surface area is 249 Å². The standard InChI is InChI=1S/C32H35ClN2O5S/c1-7-8-21(31(38)39)14-24-27(30(37)32(4,5)6)26-15-23(40-16-22-17-41-19(3)34-22)11-12-35(26)28(24)29(36)20-9-10-25(33)18(2)13-20/h9-13,15,17,21H,7-8,14,16H2,1-6H3,(H,38,39). The highest BCUT2D eigenvalue weighted by molar-refractivity contribution is 7.09. The summed E-state index contributed by atoms with van der Waals surface area (Å²) in [5.74, 6) is -1.69. The summed E-state index contributed by atoms with van der Waals surface area (Å²) in [6.45, 7) is 11.4. The van der Waals surface area contributed by atoms with Crippen molar-refractivity contribution >= 4 is 46.0 Å². The number of carboxylic acid groups (broad SMARTS) is 1. The van der Waals surface area contributed by atoms with Crippen LogP contribution in [0.2, 0.25) is 5.02 Å². The van der Waals surface area contributed by atoms with Crippen molar-refractivity contribution in [2.24, 2.45) is 11.3 Å². The van der Waals surface area contributed by atoms with Gasteiger partial charge in [-0.25, -0.2) is 4.98 Å². The van der Waals surface area contributed by atoms with Crippen LogP contribution in [0.25, 0.3) is 5.52 Å². The lowest BCUT2D eigenvalue weighted by Gasteiger charge is -2.19. The number of halogens is 1. The van der Waals surface area contributed by atoms with Crippen molar-refractivity contribution in [3.05, 3.63) is 85.6 Å². The number of nitrogens with zero attached hydrogens (tertiary/aromatic N) is 2. The Hall–Kier alpha value is -3.49. The van der Waals surface area contributed by atoms with Crippen LogP contribution in [0.1, 0.15) is 88.8 Å². The quantitative estimate of drug-likeness (QED) is 0.178. The summed E-state index contributed by atoms with van der Waals surface area (Å²) < 4.78 is 7.74. The Morgan fingerprint density at radius 1 is 1.15 bits per heavy atom. The molecule has 7 nitrogen and oxygen atoms in total. The van der Waals surface area contributed by atoms with Gasteiger partial charge in [-0.2, -0.15) is 0 Å². The van der Waals surface area contributed by atoms with Crippen molar-refractivity contribution in [2.45, 2.75) is 67.4 Å². The van der Waals surface area contributed by atoms with Crippen LogP contribution in [-0.4, -0.2) is 32.0 Å². The summed E-state index contributed by atoms with van der Waals surface area (Å²) in [5, 5.41) is 13.5. The predicted octanol–water partition coefficient (Wildman–Crippen LogP) is 7.75. The average molecular weight is 595 g/mol. The molecule has 1 aromatic carbocycles. The Kier molecular flexibility index (Phi) is 9.04. The van der Waals surface area contributed by atoms with Gasteiger partial charge in [0.25, 0.3) is 0 Å². The van der Waals surface area contributed by atoms with E-state index in [0.29, 0.717) is 45.8 Å². The largest absolute Gasteiger partial charge is 0.487 e. The molecule has 0 radical (unpaired) electrons. The van der Waals surface area contributed by atoms with Crippen LogP contribution < -0.4 is 4.74 Å². The number of thiazole rings is 1. The molecule has 0 saturated heterocycles. The van der Waals surface area contributed by atoms with Gasteiger partial charge in [0.15, 0.2) is 5.78 Å². The molecule has 1 atom stereocenters. The zero-order valence-electron chi connectivity index (χ0n) is 24.2. The molecule has 4 rings (SSSR count). The second kappa shape index (κ2) is 12.2. The monoisotopic (exact) mass is 594 g/mol. The number of ether oxygens (including phenoxy) is 1. The SMILES string of the molecule is CCCC(Cc1c(C(=O)C(C)(C)C)c2cc(OCc3csc(C)n3)ccn2c1C(=O)c1ccc(Cl)c(C)c1)C(=O)O. The summed E-state index contributed by atoms with van der Waals surface area (Å²) in [6, 6.07) is 8.53. The van der Waals surface area contributed by atoms with Crippen molar-refractivity contribution < 1.29 is 24.2 Å². The lowest BCUT2D eigenvalue weighted by atomic mass is 9.82. The molecular weight excluding hydrogens is 560 g/mol. The van der Waals surface area contributed by atoms with Crippen molar-refractivity contribution in [3.8, 4) is 5.75 Å². The van der Waals surface area contributed by atoms with Gasteiger partial charge in [0.05, 0.1) is 27.8 Å². The van der Waals surface area contributed by atoms with Crippen molar-refractivity contribution in [2.75, 3.05) is 0 Å². The van der Waals surface area contributed by atoms with E-state index in [1.807, 2.05) is 46.9 Å². The first-order valence-electron chi connectivity index (χ1n) is 13.6. The minimum Gasteiger partial charge on any atom is -0.487 e. The van der Waals surface area contributed by atoms with E-state index < -0.39 is 17.3 Å². The second-order valence-corrected chi connectivity index (χ2v) is 12.8. The molecule has 0 saturated carbocycles. The molecule has 0 aliphatic rings. The van der Waals surface area contributed by atoms with Gasteiger partial charge in [0, 0.05) is 39.2 Å². The third-order valence-corrected chi connectivity index (χ3v) is 8.29. The number of aryl methyl sites for hydroxylation is 2. The lowest BCUT2D eigenvalue weighted by molar-refractivity contribution is -0.141. The molecule has 4 aromatic rings. The number of rotatable bonds is 11. The number of fused-ring (bicyclic) bond motifs is 1. The van der Waals surface area contributed by atoms with E-state index in [0.717, 1.165) is 16.3 Å². The minimum atomic E-state index is -0.959. The zero-order chi connectivity index (χ0) is 30.1. The van der Waals surface area contributed by atoms with E-state index in [1.165, 1.54) is 11.3 Å². The van der Waals surface area contributed by atoms with Gasteiger partial charge in [-0.3, -0.25) is 14.4 Å². The maximum Gasteiger partial charge on any atom is 0.306 e. The fraction of sp³-hybridized carbons (Fsp3) is 0.375. The number of carbonyl (C=O) groups excluding carboxylic acids is 2. The summed E-state index contributed by atoms with van der Waals surface area (Å²) >= 11 is 7.78. The Morgan fingerprint density at radius 3 is 2.46 bits per heavy atom. The summed E-state index contributed by atoms with van der Waals surface area (Å²) in [6.07, 6.45) is 2.83. The Morgan fingerprint density at radius 2 is 1.88 bits per heavy atom. The molecule has 0 aliphatic heterocycles. The van der Waals surface area contributed by atoms with Crippen molar-refractivity contribution in [1.29, 1.82) is 0 Å². The van der Waals surface area contributed by atoms with E-state index in [1.54, 1.807) is 40.9 Å². The first-order valence-corrected chi connectivity index (χ1v) is 14.9. The number of aliphatic carboxylic acids is 1. The number of hydrogen-bond acceptors (Lipinski definition) is 6. The van der Waals surface area contributed by atoms with Gasteiger partial charge < -0.3 is 14.2 Å². The van der Waals surface area contributed by atoms with Crippen molar-refractivity contribution in [1.82, 2.24) is 9.38 Å². The third-order valence-electron chi connectivity index (χ3n) is 7.04. The van der Waals surface area contributed by atoms with E-state index in [2.05, 4.69) is 4.98 Å². The molecule has 0 aliphatic carbocycles. The molecular formula is C32H35ClN2O5S. The highest BCUT2D eigenvalue weighted by atomic mass is 35.5. The number of carboxylic acids is 1. The molecule has 41 heavy (non-hydrogen) atoms. The maximum atomic E-state index is 14.2. The van der Waals surface area contributed by atoms with E-state index in [4.69, 9.17) is 16.3 Å². The van der Waals surface area contributed by atoms with Gasteiger partial charge in [0.2, 0.25) is 5.78 Å². The number of aromatic nitrogens is 2. The van der Waals surface area contributed by atoms with E-state index >= 15 is 0 Å². The number of pyridine rings is 1. The number of Topliss-reactive ketones (excluding diaryl/α,β-unsaturated/α-hetero) is 1. The fourth-order valence-corrected chi connectivity index (χ4v) is 5.63. The van der Waals surface area contributed by atoms with Crippen LogP contribution in [0.3, 0.4) is 0 Å². The van der Waals surface area contributed by atoms with Crippen molar-refractivity contribution in [3.63, 3.8) is 0 Å². The molecule has 3 heterocycles. The number of ketones is 2. The molecule has 3 aromatic heterocycles. The van der Waals surface area contributed by atoms with Gasteiger partial charge in [-0.05, 0) is 62.1 Å². The molecule has 0 bridgehead atoms. The number of hydrogen-bond donors (Lipinski definition) is 1. The van der Waals surface area contributed by atoms with Crippen LogP contribution >= 0.6 is 22.9 Å². The van der Waals surface area contributed by atoms with Gasteiger partial charge >= 0.3 is 5.97 Å². The minimum absolute atomic E-state index is 0.0456. The predicted molar refractivity (Wildman–Crippen MR) is 162 cm³/mol. The Balaban J connectivity index is 1.96. The van der Waals surface area contributed by atoms with E-state index in [-0.39, 0.29) is 30.3 Å². The van der Waals surface area contributed by atoms with Gasteiger partial charge in [-0.15, -0.1) is 11.3 Å². The topological polar surface area (TPSA) is 98.0 Å². The van der Waals surface area contributed by atoms with Crippen LogP contribution in [0.15, 0.2) is 41.9 Å². The normalized spacial score (nSPS) is 12.5. The first-order chi connectivity index (χ1) is 19.3. The Bertz CT molecular complexity index is 1630. The van der Waals surface area contributed by atoms with Crippen LogP contribution in [0.5, 0.6) is 5.75 Å². The lowest BCUT2D eigenvalue weighted by Crippen LogP contribution is -2.24. The highest BCUT2D eigenvalue weighted by Crippen LogP contribution is 2.36. The molecule has 216 valence electrons. The smallest absolute Gasteiger partial charge is 0.306 e. The van der Waals surface area contributed by atoms with Gasteiger partial charge in [-0.1, -0.05) is 45.7 Å². The number of carbonyl (C=O) groups is 3. The zero-order valence-corrected chi connectivity index (χ0v) is 25.8. The fourth-order valence-electron chi connectivity index (χ4n) is 4.91. The summed E-state index contributed by atoms with van der Waals surface area (Å²) in [4.78, 5) is 44.9. The molecule has 0 fully saturated rings. The van der Waals surface area contributed by atoms with Crippen LogP contribution in [-0.2, 0) is 17.8 Å². The number of benzene rings is 1. The van der Waals surface area contributed by atoms with Crippen LogP contribution in [0.4, 0.5) is 0 Å². The third kappa shape index (κ3) is 6.54. The summed E-state index contributed by atoms with van der Waals surface area (Å²) in [5.41, 5.74) is 2.73. The van der Waals surface area contributed by atoms with Gasteiger partial charge in [0.1, 0.15) is 12.4 Å². The molecule has 1 unspecified atom stereocenters. The molecule has 9 heteroatoms.